The average Bonchev–Trinajstić information content (AvgIpc) is 3.43. The molecular weight excluding hydrogens is 326 g/mol. The van der Waals surface area contributed by atoms with Crippen LogP contribution in [0.5, 0.6) is 0 Å². The molecular formula is C20H25N5O. The third kappa shape index (κ3) is 3.85. The minimum absolute atomic E-state index is 0.0435. The molecule has 2 saturated heterocycles. The summed E-state index contributed by atoms with van der Waals surface area (Å²) in [5.74, 6) is 0.0435. The van der Waals surface area contributed by atoms with Crippen LogP contribution < -0.4 is 0 Å². The quantitative estimate of drug-likeness (QED) is 0.591. The third-order valence-electron chi connectivity index (χ3n) is 5.34. The molecule has 0 spiro atoms. The van der Waals surface area contributed by atoms with E-state index in [1.54, 1.807) is 17.1 Å². The molecule has 0 radical (unpaired) electrons. The number of benzene rings is 1. The monoisotopic (exact) mass is 351 g/mol. The van der Waals surface area contributed by atoms with Gasteiger partial charge in [0.2, 0.25) is 0 Å². The van der Waals surface area contributed by atoms with Crippen LogP contribution in [0.4, 0.5) is 0 Å². The second-order valence-electron chi connectivity index (χ2n) is 7.11. The summed E-state index contributed by atoms with van der Waals surface area (Å²) >= 11 is 0. The number of nitrogens with zero attached hydrogens (tertiary/aromatic N) is 5. The van der Waals surface area contributed by atoms with Crippen LogP contribution in [0.25, 0.3) is 5.69 Å². The minimum atomic E-state index is 0.0435. The fourth-order valence-corrected chi connectivity index (χ4v) is 3.89. The number of carbonyl (C=O) groups is 1. The molecule has 2 aromatic rings. The van der Waals surface area contributed by atoms with Crippen molar-refractivity contribution in [3.05, 3.63) is 54.8 Å². The summed E-state index contributed by atoms with van der Waals surface area (Å²) in [6.45, 7) is 4.63. The van der Waals surface area contributed by atoms with Crippen molar-refractivity contribution in [3.63, 3.8) is 0 Å². The first-order chi connectivity index (χ1) is 12.8. The van der Waals surface area contributed by atoms with E-state index in [2.05, 4.69) is 19.9 Å². The maximum absolute atomic E-state index is 12.5. The summed E-state index contributed by atoms with van der Waals surface area (Å²) < 4.78 is 1.68. The fraction of sp³-hybridized carbons (Fsp3) is 0.450. The highest BCUT2D eigenvalue weighted by Gasteiger charge is 2.25. The Morgan fingerprint density at radius 1 is 1.12 bits per heavy atom. The number of aromatic nitrogens is 3. The van der Waals surface area contributed by atoms with Gasteiger partial charge in [0.25, 0.3) is 0 Å². The van der Waals surface area contributed by atoms with Gasteiger partial charge in [-0.05, 0) is 63.0 Å². The Balaban J connectivity index is 1.37. The molecule has 1 aromatic carbocycles. The second kappa shape index (κ2) is 7.83. The molecule has 2 fully saturated rings. The van der Waals surface area contributed by atoms with Crippen LogP contribution in [0.15, 0.2) is 49.2 Å². The maximum atomic E-state index is 12.5. The molecule has 6 heteroatoms. The van der Waals surface area contributed by atoms with Crippen molar-refractivity contribution in [1.82, 2.24) is 24.6 Å². The van der Waals surface area contributed by atoms with Gasteiger partial charge in [-0.15, -0.1) is 0 Å². The van der Waals surface area contributed by atoms with Crippen LogP contribution in [0.2, 0.25) is 0 Å². The first-order valence-corrected chi connectivity index (χ1v) is 9.45. The zero-order valence-corrected chi connectivity index (χ0v) is 15.0. The van der Waals surface area contributed by atoms with E-state index in [4.69, 9.17) is 0 Å². The first kappa shape index (κ1) is 17.0. The molecule has 0 aliphatic carbocycles. The van der Waals surface area contributed by atoms with Crippen molar-refractivity contribution in [1.29, 1.82) is 0 Å². The highest BCUT2D eigenvalue weighted by molar-refractivity contribution is 6.04. The van der Waals surface area contributed by atoms with Gasteiger partial charge in [0, 0.05) is 37.0 Å². The van der Waals surface area contributed by atoms with Crippen molar-refractivity contribution in [2.24, 2.45) is 0 Å². The molecule has 0 unspecified atom stereocenters. The molecule has 136 valence electrons. The van der Waals surface area contributed by atoms with Crippen molar-refractivity contribution in [3.8, 4) is 5.69 Å². The zero-order chi connectivity index (χ0) is 17.8. The Morgan fingerprint density at radius 2 is 1.92 bits per heavy atom. The largest absolute Gasteiger partial charge is 0.373 e. The van der Waals surface area contributed by atoms with Gasteiger partial charge in [0.05, 0.1) is 5.69 Å². The molecule has 0 bridgehead atoms. The predicted octanol–water partition coefficient (Wildman–Crippen LogP) is 2.52. The van der Waals surface area contributed by atoms with E-state index < -0.39 is 0 Å². The van der Waals surface area contributed by atoms with E-state index in [1.807, 2.05) is 30.5 Å². The highest BCUT2D eigenvalue weighted by atomic mass is 16.1. The summed E-state index contributed by atoms with van der Waals surface area (Å²) in [5, 5.41) is 4.10. The Kier molecular flexibility index (Phi) is 5.11. The lowest BCUT2D eigenvalue weighted by molar-refractivity contribution is 0.104. The van der Waals surface area contributed by atoms with Crippen LogP contribution in [0.3, 0.4) is 0 Å². The van der Waals surface area contributed by atoms with Gasteiger partial charge in [0.15, 0.2) is 5.78 Å². The number of allylic oxidation sites excluding steroid dienone is 1. The fourth-order valence-electron chi connectivity index (χ4n) is 3.89. The van der Waals surface area contributed by atoms with Crippen LogP contribution in [-0.2, 0) is 0 Å². The second-order valence-corrected chi connectivity index (χ2v) is 7.11. The van der Waals surface area contributed by atoms with Crippen molar-refractivity contribution in [2.75, 3.05) is 26.2 Å². The topological polar surface area (TPSA) is 54.3 Å². The van der Waals surface area contributed by atoms with Gasteiger partial charge < -0.3 is 9.80 Å². The Morgan fingerprint density at radius 3 is 2.65 bits per heavy atom. The van der Waals surface area contributed by atoms with Gasteiger partial charge in [-0.1, -0.05) is 0 Å². The van der Waals surface area contributed by atoms with Gasteiger partial charge in [-0.2, -0.15) is 5.10 Å². The molecule has 26 heavy (non-hydrogen) atoms. The molecule has 2 aliphatic rings. The highest BCUT2D eigenvalue weighted by Crippen LogP contribution is 2.21. The van der Waals surface area contributed by atoms with Crippen LogP contribution in [0.1, 0.15) is 36.0 Å². The Labute approximate surface area is 154 Å². The number of hydrogen-bond donors (Lipinski definition) is 0. The van der Waals surface area contributed by atoms with E-state index in [0.717, 1.165) is 18.8 Å². The normalized spacial score (nSPS) is 21.1. The lowest BCUT2D eigenvalue weighted by Crippen LogP contribution is -2.36. The minimum Gasteiger partial charge on any atom is -0.373 e. The van der Waals surface area contributed by atoms with Crippen LogP contribution in [-0.4, -0.2) is 62.6 Å². The predicted molar refractivity (Wildman–Crippen MR) is 100 cm³/mol. The molecule has 2 aliphatic heterocycles. The van der Waals surface area contributed by atoms with E-state index in [1.165, 1.54) is 45.1 Å². The van der Waals surface area contributed by atoms with Gasteiger partial charge >= 0.3 is 0 Å². The molecule has 3 heterocycles. The number of rotatable bonds is 6. The summed E-state index contributed by atoms with van der Waals surface area (Å²) in [6, 6.07) is 8.01. The SMILES string of the molecule is O=C(/C=C/N1CCC[C@H]1CN1CCCC1)c1ccc(-n2cncn2)cc1. The molecule has 1 atom stereocenters. The molecule has 0 amide bonds. The molecule has 4 rings (SSSR count). The van der Waals surface area contributed by atoms with Crippen molar-refractivity contribution in [2.45, 2.75) is 31.7 Å². The first-order valence-electron chi connectivity index (χ1n) is 9.45. The van der Waals surface area contributed by atoms with E-state index in [-0.39, 0.29) is 5.78 Å². The van der Waals surface area contributed by atoms with Gasteiger partial charge in [-0.25, -0.2) is 9.67 Å². The molecule has 0 saturated carbocycles. The van der Waals surface area contributed by atoms with Gasteiger partial charge in [0.1, 0.15) is 12.7 Å². The van der Waals surface area contributed by atoms with Crippen LogP contribution >= 0.6 is 0 Å². The maximum Gasteiger partial charge on any atom is 0.187 e. The lowest BCUT2D eigenvalue weighted by atomic mass is 10.1. The Bertz CT molecular complexity index is 747. The van der Waals surface area contributed by atoms with Crippen molar-refractivity contribution >= 4 is 5.78 Å². The average molecular weight is 351 g/mol. The van der Waals surface area contributed by atoms with Crippen LogP contribution in [0, 0.1) is 0 Å². The molecule has 0 N–H and O–H groups in total. The number of hydrogen-bond acceptors (Lipinski definition) is 5. The standard InChI is InChI=1S/C20H25N5O/c26-20(17-5-7-18(8-6-17)25-16-21-15-22-25)9-13-24-12-3-4-19(24)14-23-10-1-2-11-23/h5-9,13,15-16,19H,1-4,10-12,14H2/b13-9+/t19-/m0/s1. The zero-order valence-electron chi connectivity index (χ0n) is 15.0. The van der Waals surface area contributed by atoms with E-state index in [9.17, 15) is 4.79 Å². The molecule has 6 nitrogen and oxygen atoms in total. The lowest BCUT2D eigenvalue weighted by Gasteiger charge is -2.27. The van der Waals surface area contributed by atoms with Crippen molar-refractivity contribution < 1.29 is 4.79 Å². The summed E-state index contributed by atoms with van der Waals surface area (Å²) in [7, 11) is 0. The summed E-state index contributed by atoms with van der Waals surface area (Å²) in [5.41, 5.74) is 1.59. The number of likely N-dealkylation sites (tertiary alicyclic amines) is 2. The smallest absolute Gasteiger partial charge is 0.187 e. The number of carbonyl (C=O) groups excluding carboxylic acids is 1. The summed E-state index contributed by atoms with van der Waals surface area (Å²) in [4.78, 5) is 21.3. The third-order valence-corrected chi connectivity index (χ3v) is 5.34. The number of ketones is 1. The van der Waals surface area contributed by atoms with E-state index >= 15 is 0 Å². The van der Waals surface area contributed by atoms with Gasteiger partial charge in [-0.3, -0.25) is 4.79 Å². The molecule has 1 aromatic heterocycles. The summed E-state index contributed by atoms with van der Waals surface area (Å²) in [6.07, 6.45) is 11.9. The Hall–Kier alpha value is -2.47. The van der Waals surface area contributed by atoms with E-state index in [0.29, 0.717) is 11.6 Å².